The lowest BCUT2D eigenvalue weighted by Crippen LogP contribution is -2.53. The van der Waals surface area contributed by atoms with E-state index < -0.39 is 5.41 Å². The summed E-state index contributed by atoms with van der Waals surface area (Å²) in [6.07, 6.45) is 4.74. The predicted molar refractivity (Wildman–Crippen MR) is 133 cm³/mol. The highest BCUT2D eigenvalue weighted by Gasteiger charge is 2.61. The number of carbonyl (C=O) groups is 1. The number of fused-ring (bicyclic) bond motifs is 3. The molecule has 1 aliphatic carbocycles. The standard InChI is InChI=1S/C29H27NO6/c1-32-20-9-10-29-22-13-23-27(35-16-34-23)26(33-2)21(22)14-30(24(29)12-20)15-25(29)36-28(31)19-8-7-17-5-3-4-6-18(17)11-19/h3-11,13,20,24-25H,12,14-16H2,1-2H3/t20-,24-,25+,29+/m0/s1. The first-order valence-electron chi connectivity index (χ1n) is 12.3. The monoisotopic (exact) mass is 485 g/mol. The third-order valence-corrected chi connectivity index (χ3v) is 8.26. The molecule has 1 unspecified atom stereocenters. The molecule has 5 atom stereocenters. The summed E-state index contributed by atoms with van der Waals surface area (Å²) in [5, 5.41) is 2.11. The Morgan fingerprint density at radius 2 is 1.94 bits per heavy atom. The third-order valence-electron chi connectivity index (χ3n) is 8.26. The summed E-state index contributed by atoms with van der Waals surface area (Å²) in [4.78, 5) is 15.9. The van der Waals surface area contributed by atoms with E-state index in [1.165, 1.54) is 0 Å². The first-order valence-corrected chi connectivity index (χ1v) is 12.3. The Labute approximate surface area is 209 Å². The summed E-state index contributed by atoms with van der Waals surface area (Å²) in [5.74, 6) is 1.70. The molecule has 0 N–H and O–H groups in total. The van der Waals surface area contributed by atoms with Crippen molar-refractivity contribution in [1.29, 1.82) is 0 Å². The molecule has 1 saturated heterocycles. The van der Waals surface area contributed by atoms with Gasteiger partial charge in [-0.1, -0.05) is 42.5 Å². The van der Waals surface area contributed by atoms with Gasteiger partial charge in [0.2, 0.25) is 12.5 Å². The SMILES string of the molecule is COc1c2c(cc3c1OCO3)[C@]13C=C[C@H](OC)C[C@@H]1N(C2)C[C@H]3OC(=O)c1ccc2ccccc2c1. The fourth-order valence-corrected chi connectivity index (χ4v) is 6.59. The van der Waals surface area contributed by atoms with Crippen LogP contribution in [-0.4, -0.2) is 56.7 Å². The lowest BCUT2D eigenvalue weighted by atomic mass is 9.65. The number of rotatable bonds is 4. The number of hydrogen-bond acceptors (Lipinski definition) is 7. The second kappa shape index (κ2) is 7.98. The summed E-state index contributed by atoms with van der Waals surface area (Å²) in [7, 11) is 3.40. The normalized spacial score (nSPS) is 29.1. The van der Waals surface area contributed by atoms with Crippen molar-refractivity contribution in [1.82, 2.24) is 4.90 Å². The van der Waals surface area contributed by atoms with Crippen molar-refractivity contribution >= 4 is 16.7 Å². The van der Waals surface area contributed by atoms with Gasteiger partial charge in [-0.2, -0.15) is 0 Å². The quantitative estimate of drug-likeness (QED) is 0.405. The van der Waals surface area contributed by atoms with Crippen molar-refractivity contribution < 1.29 is 28.5 Å². The fraction of sp³-hybridized carbons (Fsp3) is 0.345. The Morgan fingerprint density at radius 1 is 1.08 bits per heavy atom. The zero-order chi connectivity index (χ0) is 24.4. The Hall–Kier alpha value is -3.55. The largest absolute Gasteiger partial charge is 0.492 e. The van der Waals surface area contributed by atoms with Gasteiger partial charge in [-0.05, 0) is 41.0 Å². The molecule has 0 amide bonds. The molecule has 3 heterocycles. The van der Waals surface area contributed by atoms with Crippen LogP contribution in [0.3, 0.4) is 0 Å². The van der Waals surface area contributed by atoms with Crippen LogP contribution in [-0.2, 0) is 21.4 Å². The number of esters is 1. The number of methoxy groups -OCH3 is 2. The smallest absolute Gasteiger partial charge is 0.338 e. The fourth-order valence-electron chi connectivity index (χ4n) is 6.59. The molecule has 0 saturated carbocycles. The van der Waals surface area contributed by atoms with Gasteiger partial charge in [0.25, 0.3) is 0 Å². The van der Waals surface area contributed by atoms with Crippen LogP contribution in [0.15, 0.2) is 60.7 Å². The van der Waals surface area contributed by atoms with Crippen molar-refractivity contribution in [2.75, 3.05) is 27.6 Å². The molecule has 7 nitrogen and oxygen atoms in total. The van der Waals surface area contributed by atoms with Crippen molar-refractivity contribution in [2.45, 2.75) is 36.6 Å². The van der Waals surface area contributed by atoms with Crippen LogP contribution in [0.25, 0.3) is 10.8 Å². The molecule has 2 bridgehead atoms. The molecule has 3 aromatic carbocycles. The Balaban J connectivity index is 1.33. The lowest BCUT2D eigenvalue weighted by Gasteiger charge is -2.46. The molecule has 3 aliphatic heterocycles. The van der Waals surface area contributed by atoms with Gasteiger partial charge in [0, 0.05) is 31.8 Å². The zero-order valence-corrected chi connectivity index (χ0v) is 20.2. The predicted octanol–water partition coefficient (Wildman–Crippen LogP) is 4.21. The second-order valence-corrected chi connectivity index (χ2v) is 9.87. The summed E-state index contributed by atoms with van der Waals surface area (Å²) >= 11 is 0. The molecule has 184 valence electrons. The summed E-state index contributed by atoms with van der Waals surface area (Å²) in [6, 6.07) is 15.9. The van der Waals surface area contributed by atoms with Crippen molar-refractivity contribution in [2.24, 2.45) is 0 Å². The number of nitrogens with zero attached hydrogens (tertiary/aromatic N) is 1. The average molecular weight is 486 g/mol. The first kappa shape index (κ1) is 21.7. The molecular formula is C29H27NO6. The highest BCUT2D eigenvalue weighted by Crippen LogP contribution is 2.58. The maximum absolute atomic E-state index is 13.5. The van der Waals surface area contributed by atoms with E-state index in [9.17, 15) is 4.79 Å². The van der Waals surface area contributed by atoms with Gasteiger partial charge >= 0.3 is 5.97 Å². The molecule has 4 aliphatic rings. The van der Waals surface area contributed by atoms with Gasteiger partial charge in [0.15, 0.2) is 11.5 Å². The topological polar surface area (TPSA) is 66.5 Å². The van der Waals surface area contributed by atoms with Crippen LogP contribution >= 0.6 is 0 Å². The number of benzene rings is 3. The molecule has 0 radical (unpaired) electrons. The summed E-state index contributed by atoms with van der Waals surface area (Å²) < 4.78 is 29.4. The van der Waals surface area contributed by atoms with Crippen LogP contribution in [0.4, 0.5) is 0 Å². The van der Waals surface area contributed by atoms with E-state index >= 15 is 0 Å². The summed E-state index contributed by atoms with van der Waals surface area (Å²) in [6.45, 7) is 1.46. The van der Waals surface area contributed by atoms with Crippen LogP contribution < -0.4 is 14.2 Å². The van der Waals surface area contributed by atoms with Crippen LogP contribution in [0, 0.1) is 0 Å². The van der Waals surface area contributed by atoms with E-state index in [4.69, 9.17) is 23.7 Å². The van der Waals surface area contributed by atoms with E-state index in [2.05, 4.69) is 23.1 Å². The molecule has 1 fully saturated rings. The third kappa shape index (κ3) is 2.96. The number of ether oxygens (including phenoxy) is 5. The van der Waals surface area contributed by atoms with E-state index in [1.54, 1.807) is 14.2 Å². The number of carbonyl (C=O) groups excluding carboxylic acids is 1. The second-order valence-electron chi connectivity index (χ2n) is 9.87. The molecule has 7 rings (SSSR count). The van der Waals surface area contributed by atoms with E-state index in [-0.39, 0.29) is 31.0 Å². The lowest BCUT2D eigenvalue weighted by molar-refractivity contribution is 0.0187. The minimum atomic E-state index is -0.538. The minimum absolute atomic E-state index is 0.0121. The minimum Gasteiger partial charge on any atom is -0.492 e. The molecule has 36 heavy (non-hydrogen) atoms. The van der Waals surface area contributed by atoms with Gasteiger partial charge in [-0.15, -0.1) is 0 Å². The van der Waals surface area contributed by atoms with Crippen LogP contribution in [0.5, 0.6) is 17.2 Å². The van der Waals surface area contributed by atoms with Crippen molar-refractivity contribution in [3.63, 3.8) is 0 Å². The average Bonchev–Trinajstić information content (AvgIpc) is 3.47. The van der Waals surface area contributed by atoms with Crippen molar-refractivity contribution in [3.8, 4) is 17.2 Å². The maximum Gasteiger partial charge on any atom is 0.338 e. The summed E-state index contributed by atoms with van der Waals surface area (Å²) in [5.41, 5.74) is 2.15. The van der Waals surface area contributed by atoms with Crippen LogP contribution in [0.1, 0.15) is 27.9 Å². The van der Waals surface area contributed by atoms with E-state index in [0.717, 1.165) is 28.3 Å². The van der Waals surface area contributed by atoms with Gasteiger partial charge < -0.3 is 23.7 Å². The van der Waals surface area contributed by atoms with Gasteiger partial charge in [0.1, 0.15) is 6.10 Å². The molecule has 0 aromatic heterocycles. The van der Waals surface area contributed by atoms with Crippen LogP contribution in [0.2, 0.25) is 0 Å². The molecule has 3 aromatic rings. The maximum atomic E-state index is 13.5. The zero-order valence-electron chi connectivity index (χ0n) is 20.2. The first-order chi connectivity index (χ1) is 17.6. The molecular weight excluding hydrogens is 458 g/mol. The highest BCUT2D eigenvalue weighted by atomic mass is 16.7. The van der Waals surface area contributed by atoms with E-state index in [1.807, 2.05) is 42.5 Å². The van der Waals surface area contributed by atoms with E-state index in [0.29, 0.717) is 35.9 Å². The highest BCUT2D eigenvalue weighted by molar-refractivity contribution is 5.95. The van der Waals surface area contributed by atoms with Gasteiger partial charge in [-0.25, -0.2) is 4.79 Å². The Kier molecular flexibility index (Phi) is 4.81. The van der Waals surface area contributed by atoms with Gasteiger partial charge in [0.05, 0.1) is 24.2 Å². The Bertz CT molecular complexity index is 1420. The van der Waals surface area contributed by atoms with Crippen molar-refractivity contribution in [3.05, 3.63) is 77.4 Å². The Morgan fingerprint density at radius 3 is 2.78 bits per heavy atom. The molecule has 0 spiro atoms. The number of hydrogen-bond donors (Lipinski definition) is 0. The van der Waals surface area contributed by atoms with Gasteiger partial charge in [-0.3, -0.25) is 4.90 Å². The molecule has 7 heteroatoms.